The SMILES string of the molecule is CC(C)Oc1ccc(-c2cccc(S(=O)(=O)NC(Cc3ccc(C(=N)N)cc3)C(=O)N3CCC(CCN)CC3)c2)cc1. The zero-order valence-electron chi connectivity index (χ0n) is 24.3. The van der Waals surface area contributed by atoms with Crippen molar-refractivity contribution >= 4 is 21.8 Å². The van der Waals surface area contributed by atoms with E-state index in [0.717, 1.165) is 41.7 Å². The standard InChI is InChI=1S/C32H41N5O4S/c1-22(2)41-28-12-10-25(11-13-28)27-4-3-5-29(21-27)42(39,40)36-30(20-24-6-8-26(9-7-24)31(34)35)32(38)37-18-15-23(14-17-33)16-19-37/h3-13,21-23,30,36H,14-20,33H2,1-2H3,(H3,34,35). The molecule has 10 heteroatoms. The molecule has 4 rings (SSSR count). The molecule has 1 fully saturated rings. The highest BCUT2D eigenvalue weighted by atomic mass is 32.2. The summed E-state index contributed by atoms with van der Waals surface area (Å²) in [6, 6.07) is 20.1. The van der Waals surface area contributed by atoms with Gasteiger partial charge < -0.3 is 21.1 Å². The number of hydrogen-bond donors (Lipinski definition) is 4. The number of amides is 1. The summed E-state index contributed by atoms with van der Waals surface area (Å²) in [4.78, 5) is 15.6. The molecule has 0 aromatic heterocycles. The molecular formula is C32H41N5O4S. The van der Waals surface area contributed by atoms with E-state index in [1.807, 2.05) is 44.2 Å². The second-order valence-corrected chi connectivity index (χ2v) is 12.8. The third-order valence-corrected chi connectivity index (χ3v) is 8.97. The Morgan fingerprint density at radius 3 is 2.29 bits per heavy atom. The molecule has 3 aromatic carbocycles. The third kappa shape index (κ3) is 8.18. The molecule has 42 heavy (non-hydrogen) atoms. The van der Waals surface area contributed by atoms with Gasteiger partial charge in [0.25, 0.3) is 0 Å². The van der Waals surface area contributed by atoms with Gasteiger partial charge in [-0.15, -0.1) is 0 Å². The minimum Gasteiger partial charge on any atom is -0.491 e. The number of carbonyl (C=O) groups excluding carboxylic acids is 1. The highest BCUT2D eigenvalue weighted by molar-refractivity contribution is 7.89. The summed E-state index contributed by atoms with van der Waals surface area (Å²) in [6.45, 7) is 5.66. The number of nitrogen functional groups attached to an aromatic ring is 1. The first-order valence-corrected chi connectivity index (χ1v) is 15.9. The maximum atomic E-state index is 13.8. The predicted molar refractivity (Wildman–Crippen MR) is 166 cm³/mol. The van der Waals surface area contributed by atoms with Gasteiger partial charge in [-0.25, -0.2) is 8.42 Å². The van der Waals surface area contributed by atoms with Crippen LogP contribution in [0.2, 0.25) is 0 Å². The Bertz CT molecular complexity index is 1470. The van der Waals surface area contributed by atoms with E-state index in [1.54, 1.807) is 41.3 Å². The molecule has 1 aliphatic rings. The normalized spacial score (nSPS) is 15.0. The fraction of sp³-hybridized carbons (Fsp3) is 0.375. The van der Waals surface area contributed by atoms with Crippen molar-refractivity contribution in [2.75, 3.05) is 19.6 Å². The number of benzene rings is 3. The molecule has 1 saturated heterocycles. The number of nitrogens with zero attached hydrogens (tertiary/aromatic N) is 1. The molecule has 0 spiro atoms. The first kappa shape index (κ1) is 31.2. The number of amidine groups is 1. The fourth-order valence-corrected chi connectivity index (χ4v) is 6.46. The number of nitrogens with two attached hydrogens (primary N) is 2. The van der Waals surface area contributed by atoms with Gasteiger partial charge in [0.15, 0.2) is 0 Å². The van der Waals surface area contributed by atoms with Crippen LogP contribution in [0.1, 0.15) is 44.2 Å². The van der Waals surface area contributed by atoms with Crippen LogP contribution in [0.15, 0.2) is 77.7 Å². The zero-order valence-corrected chi connectivity index (χ0v) is 25.1. The fourth-order valence-electron chi connectivity index (χ4n) is 5.23. The van der Waals surface area contributed by atoms with Gasteiger partial charge in [-0.1, -0.05) is 48.5 Å². The van der Waals surface area contributed by atoms with Crippen molar-refractivity contribution in [3.8, 4) is 16.9 Å². The van der Waals surface area contributed by atoms with Gasteiger partial charge in [0, 0.05) is 18.7 Å². The summed E-state index contributed by atoms with van der Waals surface area (Å²) in [7, 11) is -4.05. The highest BCUT2D eigenvalue weighted by Gasteiger charge is 2.32. The number of likely N-dealkylation sites (tertiary alicyclic amines) is 1. The van der Waals surface area contributed by atoms with E-state index < -0.39 is 16.1 Å². The van der Waals surface area contributed by atoms with Crippen molar-refractivity contribution in [2.45, 2.75) is 56.6 Å². The number of piperidine rings is 1. The lowest BCUT2D eigenvalue weighted by Crippen LogP contribution is -2.51. The molecule has 6 N–H and O–H groups in total. The largest absolute Gasteiger partial charge is 0.491 e. The molecule has 0 aliphatic carbocycles. The molecule has 9 nitrogen and oxygen atoms in total. The summed E-state index contributed by atoms with van der Waals surface area (Å²) >= 11 is 0. The van der Waals surface area contributed by atoms with E-state index in [1.165, 1.54) is 6.07 Å². The Morgan fingerprint density at radius 1 is 1.02 bits per heavy atom. The molecule has 1 aliphatic heterocycles. The van der Waals surface area contributed by atoms with Crippen LogP contribution in [0.5, 0.6) is 5.75 Å². The summed E-state index contributed by atoms with van der Waals surface area (Å²) < 4.78 is 35.8. The average molecular weight is 592 g/mol. The Balaban J connectivity index is 1.57. The zero-order chi connectivity index (χ0) is 30.3. The molecule has 1 amide bonds. The van der Waals surface area contributed by atoms with Crippen LogP contribution in [0.4, 0.5) is 0 Å². The van der Waals surface area contributed by atoms with Gasteiger partial charge in [-0.05, 0) is 92.9 Å². The molecule has 3 aromatic rings. The number of rotatable bonds is 12. The van der Waals surface area contributed by atoms with Crippen molar-refractivity contribution in [1.82, 2.24) is 9.62 Å². The Hall–Kier alpha value is -3.73. The number of hydrogen-bond acceptors (Lipinski definition) is 6. The summed E-state index contributed by atoms with van der Waals surface area (Å²) in [6.07, 6.45) is 2.83. The van der Waals surface area contributed by atoms with Crippen molar-refractivity contribution < 1.29 is 17.9 Å². The second-order valence-electron chi connectivity index (χ2n) is 11.1. The quantitative estimate of drug-likeness (QED) is 0.185. The van der Waals surface area contributed by atoms with Crippen LogP contribution in [0, 0.1) is 11.3 Å². The van der Waals surface area contributed by atoms with Crippen molar-refractivity contribution in [3.05, 3.63) is 83.9 Å². The summed E-state index contributed by atoms with van der Waals surface area (Å²) in [5, 5.41) is 7.64. The first-order valence-electron chi connectivity index (χ1n) is 14.4. The Labute approximate surface area is 248 Å². The Kier molecular flexibility index (Phi) is 10.4. The van der Waals surface area contributed by atoms with E-state index in [4.69, 9.17) is 21.6 Å². The van der Waals surface area contributed by atoms with E-state index in [2.05, 4.69) is 4.72 Å². The smallest absolute Gasteiger partial charge is 0.241 e. The lowest BCUT2D eigenvalue weighted by atomic mass is 9.93. The summed E-state index contributed by atoms with van der Waals surface area (Å²) in [5.74, 6) is 0.903. The van der Waals surface area contributed by atoms with Crippen LogP contribution in [-0.2, 0) is 21.2 Å². The van der Waals surface area contributed by atoms with Crippen molar-refractivity contribution in [1.29, 1.82) is 5.41 Å². The Morgan fingerprint density at radius 2 is 1.69 bits per heavy atom. The number of carbonyl (C=O) groups is 1. The lowest BCUT2D eigenvalue weighted by Gasteiger charge is -2.34. The molecule has 0 saturated carbocycles. The van der Waals surface area contributed by atoms with E-state index in [-0.39, 0.29) is 29.2 Å². The van der Waals surface area contributed by atoms with Gasteiger partial charge >= 0.3 is 0 Å². The number of ether oxygens (including phenoxy) is 1. The topological polar surface area (TPSA) is 152 Å². The van der Waals surface area contributed by atoms with Gasteiger partial charge in [-0.3, -0.25) is 10.2 Å². The predicted octanol–water partition coefficient (Wildman–Crippen LogP) is 3.90. The van der Waals surface area contributed by atoms with Crippen LogP contribution in [-0.4, -0.2) is 56.8 Å². The van der Waals surface area contributed by atoms with E-state index >= 15 is 0 Å². The molecule has 1 unspecified atom stereocenters. The van der Waals surface area contributed by atoms with Gasteiger partial charge in [0.1, 0.15) is 17.6 Å². The van der Waals surface area contributed by atoms with Gasteiger partial charge in [0.2, 0.25) is 15.9 Å². The highest BCUT2D eigenvalue weighted by Crippen LogP contribution is 2.26. The first-order chi connectivity index (χ1) is 20.1. The summed E-state index contributed by atoms with van der Waals surface area (Å²) in [5.41, 5.74) is 14.2. The van der Waals surface area contributed by atoms with Crippen molar-refractivity contribution in [2.24, 2.45) is 17.4 Å². The number of nitrogens with one attached hydrogen (secondary N) is 2. The molecule has 0 radical (unpaired) electrons. The van der Waals surface area contributed by atoms with E-state index in [0.29, 0.717) is 31.1 Å². The maximum Gasteiger partial charge on any atom is 0.241 e. The van der Waals surface area contributed by atoms with Crippen molar-refractivity contribution in [3.63, 3.8) is 0 Å². The third-order valence-electron chi connectivity index (χ3n) is 7.51. The molecular weight excluding hydrogens is 550 g/mol. The monoisotopic (exact) mass is 591 g/mol. The van der Waals surface area contributed by atoms with Gasteiger partial charge in [-0.2, -0.15) is 4.72 Å². The van der Waals surface area contributed by atoms with Crippen LogP contribution >= 0.6 is 0 Å². The number of sulfonamides is 1. The molecule has 224 valence electrons. The van der Waals surface area contributed by atoms with Crippen LogP contribution < -0.4 is 20.9 Å². The molecule has 1 heterocycles. The maximum absolute atomic E-state index is 13.8. The minimum absolute atomic E-state index is 0.0513. The van der Waals surface area contributed by atoms with Gasteiger partial charge in [0.05, 0.1) is 11.0 Å². The van der Waals surface area contributed by atoms with Crippen LogP contribution in [0.25, 0.3) is 11.1 Å². The second kappa shape index (κ2) is 14.0. The average Bonchev–Trinajstić information content (AvgIpc) is 2.97. The minimum atomic E-state index is -4.05. The van der Waals surface area contributed by atoms with Crippen LogP contribution in [0.3, 0.4) is 0 Å². The molecule has 0 bridgehead atoms. The van der Waals surface area contributed by atoms with E-state index in [9.17, 15) is 13.2 Å². The lowest BCUT2D eigenvalue weighted by molar-refractivity contribution is -0.134. The molecule has 1 atom stereocenters.